The van der Waals surface area contributed by atoms with Gasteiger partial charge in [0.1, 0.15) is 0 Å². The minimum Gasteiger partial charge on any atom is -0.389 e. The summed E-state index contributed by atoms with van der Waals surface area (Å²) < 4.78 is 0. The molecule has 0 radical (unpaired) electrons. The fourth-order valence-corrected chi connectivity index (χ4v) is 1.68. The van der Waals surface area contributed by atoms with Crippen molar-refractivity contribution in [3.05, 3.63) is 0 Å². The maximum absolute atomic E-state index is 11.7. The van der Waals surface area contributed by atoms with Crippen LogP contribution in [0.4, 0.5) is 0 Å². The van der Waals surface area contributed by atoms with Crippen LogP contribution in [0, 0.1) is 0 Å². The minimum absolute atomic E-state index is 0.0145. The summed E-state index contributed by atoms with van der Waals surface area (Å²) in [7, 11) is 0. The van der Waals surface area contributed by atoms with E-state index in [-0.39, 0.29) is 11.9 Å². The second-order valence-corrected chi connectivity index (χ2v) is 5.03. The molecule has 0 aliphatic heterocycles. The van der Waals surface area contributed by atoms with E-state index in [4.69, 9.17) is 0 Å². The Morgan fingerprint density at radius 1 is 1.22 bits per heavy atom. The molecule has 1 amide bonds. The summed E-state index contributed by atoms with van der Waals surface area (Å²) in [5.74, 6) is 0.0145. The minimum atomic E-state index is -0.698. The monoisotopic (exact) mass is 258 g/mol. The van der Waals surface area contributed by atoms with Crippen LogP contribution in [0.2, 0.25) is 0 Å². The molecule has 1 atom stereocenters. The van der Waals surface area contributed by atoms with E-state index in [9.17, 15) is 9.90 Å². The van der Waals surface area contributed by atoms with Gasteiger partial charge in [-0.1, -0.05) is 33.6 Å². The Hall–Kier alpha value is -0.610. The molecule has 4 nitrogen and oxygen atoms in total. The van der Waals surface area contributed by atoms with Crippen molar-refractivity contribution in [1.82, 2.24) is 10.6 Å². The lowest BCUT2D eigenvalue weighted by Gasteiger charge is -2.27. The lowest BCUT2D eigenvalue weighted by molar-refractivity contribution is -0.123. The van der Waals surface area contributed by atoms with E-state index in [1.54, 1.807) is 0 Å². The number of carbonyl (C=O) groups is 1. The third-order valence-corrected chi connectivity index (χ3v) is 3.53. The standard InChI is InChI=1S/C14H30N2O2/c1-5-8-9-10-15-13(17)12(4)16-11-14(18,6-2)7-3/h12,16,18H,5-11H2,1-4H3,(H,15,17). The first-order valence-electron chi connectivity index (χ1n) is 7.22. The van der Waals surface area contributed by atoms with Crippen molar-refractivity contribution in [3.8, 4) is 0 Å². The van der Waals surface area contributed by atoms with Crippen molar-refractivity contribution in [2.75, 3.05) is 13.1 Å². The summed E-state index contributed by atoms with van der Waals surface area (Å²) >= 11 is 0. The maximum Gasteiger partial charge on any atom is 0.236 e. The highest BCUT2D eigenvalue weighted by Gasteiger charge is 2.23. The van der Waals surface area contributed by atoms with Gasteiger partial charge in [0, 0.05) is 13.1 Å². The molecule has 108 valence electrons. The summed E-state index contributed by atoms with van der Waals surface area (Å²) in [6.45, 7) is 9.10. The topological polar surface area (TPSA) is 61.4 Å². The Bertz CT molecular complexity index is 228. The normalized spacial score (nSPS) is 13.4. The number of aliphatic hydroxyl groups is 1. The molecule has 0 heterocycles. The summed E-state index contributed by atoms with van der Waals surface area (Å²) in [6, 6.07) is -0.253. The van der Waals surface area contributed by atoms with Crippen molar-refractivity contribution in [1.29, 1.82) is 0 Å². The predicted molar refractivity (Wildman–Crippen MR) is 75.5 cm³/mol. The lowest BCUT2D eigenvalue weighted by atomic mass is 9.97. The van der Waals surface area contributed by atoms with Gasteiger partial charge in [-0.15, -0.1) is 0 Å². The van der Waals surface area contributed by atoms with E-state index in [0.717, 1.165) is 25.8 Å². The number of rotatable bonds is 10. The molecule has 0 spiro atoms. The molecular formula is C14H30N2O2. The van der Waals surface area contributed by atoms with E-state index < -0.39 is 5.60 Å². The molecule has 0 aromatic rings. The van der Waals surface area contributed by atoms with Crippen LogP contribution in [-0.2, 0) is 4.79 Å². The molecule has 0 aliphatic carbocycles. The number of carbonyl (C=O) groups excluding carboxylic acids is 1. The van der Waals surface area contributed by atoms with Gasteiger partial charge < -0.3 is 15.7 Å². The van der Waals surface area contributed by atoms with Gasteiger partial charge >= 0.3 is 0 Å². The second kappa shape index (κ2) is 9.34. The fourth-order valence-electron chi connectivity index (χ4n) is 1.68. The van der Waals surface area contributed by atoms with E-state index >= 15 is 0 Å². The van der Waals surface area contributed by atoms with Crippen LogP contribution in [0.15, 0.2) is 0 Å². The Labute approximate surface area is 112 Å². The van der Waals surface area contributed by atoms with Crippen molar-refractivity contribution in [2.24, 2.45) is 0 Å². The third-order valence-electron chi connectivity index (χ3n) is 3.53. The highest BCUT2D eigenvalue weighted by molar-refractivity contribution is 5.81. The highest BCUT2D eigenvalue weighted by atomic mass is 16.3. The fraction of sp³-hybridized carbons (Fsp3) is 0.929. The Kier molecular flexibility index (Phi) is 9.02. The zero-order valence-corrected chi connectivity index (χ0v) is 12.4. The van der Waals surface area contributed by atoms with Crippen molar-refractivity contribution >= 4 is 5.91 Å². The van der Waals surface area contributed by atoms with Crippen LogP contribution in [0.25, 0.3) is 0 Å². The zero-order chi connectivity index (χ0) is 14.0. The van der Waals surface area contributed by atoms with Crippen molar-refractivity contribution < 1.29 is 9.90 Å². The summed E-state index contributed by atoms with van der Waals surface area (Å²) in [4.78, 5) is 11.7. The first kappa shape index (κ1) is 17.4. The molecule has 4 heteroatoms. The van der Waals surface area contributed by atoms with Gasteiger partial charge in [0.25, 0.3) is 0 Å². The molecule has 0 fully saturated rings. The van der Waals surface area contributed by atoms with E-state index in [2.05, 4.69) is 17.6 Å². The average molecular weight is 258 g/mol. The average Bonchev–Trinajstić information content (AvgIpc) is 2.40. The number of amides is 1. The molecule has 0 saturated carbocycles. The Morgan fingerprint density at radius 2 is 1.83 bits per heavy atom. The molecular weight excluding hydrogens is 228 g/mol. The number of nitrogens with one attached hydrogen (secondary N) is 2. The van der Waals surface area contributed by atoms with Gasteiger partial charge in [0.05, 0.1) is 11.6 Å². The molecule has 0 saturated heterocycles. The molecule has 0 rings (SSSR count). The molecule has 0 aliphatic rings. The molecule has 18 heavy (non-hydrogen) atoms. The Balaban J connectivity index is 3.86. The molecule has 0 bridgehead atoms. The van der Waals surface area contributed by atoms with Crippen LogP contribution in [-0.4, -0.2) is 35.7 Å². The van der Waals surface area contributed by atoms with E-state index in [1.165, 1.54) is 0 Å². The lowest BCUT2D eigenvalue weighted by Crippen LogP contribution is -2.48. The predicted octanol–water partition coefficient (Wildman–Crippen LogP) is 1.82. The van der Waals surface area contributed by atoms with Crippen LogP contribution in [0.5, 0.6) is 0 Å². The zero-order valence-electron chi connectivity index (χ0n) is 12.4. The van der Waals surface area contributed by atoms with Gasteiger partial charge in [-0.25, -0.2) is 0 Å². The maximum atomic E-state index is 11.7. The van der Waals surface area contributed by atoms with Crippen LogP contribution >= 0.6 is 0 Å². The summed E-state index contributed by atoms with van der Waals surface area (Å²) in [5.41, 5.74) is -0.698. The number of hydrogen-bond donors (Lipinski definition) is 3. The molecule has 0 aromatic heterocycles. The van der Waals surface area contributed by atoms with E-state index in [1.807, 2.05) is 20.8 Å². The van der Waals surface area contributed by atoms with E-state index in [0.29, 0.717) is 19.4 Å². The molecule has 3 N–H and O–H groups in total. The highest BCUT2D eigenvalue weighted by Crippen LogP contribution is 2.13. The first-order chi connectivity index (χ1) is 8.49. The number of hydrogen-bond acceptors (Lipinski definition) is 3. The van der Waals surface area contributed by atoms with Gasteiger partial charge in [0.15, 0.2) is 0 Å². The molecule has 0 aromatic carbocycles. The summed E-state index contributed by atoms with van der Waals surface area (Å²) in [5, 5.41) is 16.1. The second-order valence-electron chi connectivity index (χ2n) is 5.03. The van der Waals surface area contributed by atoms with Crippen molar-refractivity contribution in [3.63, 3.8) is 0 Å². The van der Waals surface area contributed by atoms with Crippen LogP contribution in [0.3, 0.4) is 0 Å². The van der Waals surface area contributed by atoms with Crippen LogP contribution < -0.4 is 10.6 Å². The number of unbranched alkanes of at least 4 members (excludes halogenated alkanes) is 2. The largest absolute Gasteiger partial charge is 0.389 e. The SMILES string of the molecule is CCCCCNC(=O)C(C)NCC(O)(CC)CC. The van der Waals surface area contributed by atoms with Crippen molar-refractivity contribution in [2.45, 2.75) is 71.4 Å². The third kappa shape index (κ3) is 6.97. The molecule has 1 unspecified atom stereocenters. The Morgan fingerprint density at radius 3 is 2.33 bits per heavy atom. The van der Waals surface area contributed by atoms with Gasteiger partial charge in [-0.2, -0.15) is 0 Å². The van der Waals surface area contributed by atoms with Gasteiger partial charge in [-0.05, 0) is 26.2 Å². The van der Waals surface area contributed by atoms with Crippen LogP contribution in [0.1, 0.15) is 59.8 Å². The van der Waals surface area contributed by atoms with Gasteiger partial charge in [-0.3, -0.25) is 4.79 Å². The van der Waals surface area contributed by atoms with Gasteiger partial charge in [0.2, 0.25) is 5.91 Å². The first-order valence-corrected chi connectivity index (χ1v) is 7.22. The smallest absolute Gasteiger partial charge is 0.236 e. The quantitative estimate of drug-likeness (QED) is 0.524. The summed E-state index contributed by atoms with van der Waals surface area (Å²) in [6.07, 6.45) is 4.72.